The summed E-state index contributed by atoms with van der Waals surface area (Å²) in [6.07, 6.45) is 3.64. The molecule has 0 spiro atoms. The van der Waals surface area contributed by atoms with Crippen LogP contribution in [-0.2, 0) is 19.1 Å². The number of amides is 2. The summed E-state index contributed by atoms with van der Waals surface area (Å²) < 4.78 is 11.5. The number of morpholine rings is 1. The van der Waals surface area contributed by atoms with Crippen molar-refractivity contribution in [2.24, 2.45) is 5.73 Å². The first kappa shape index (κ1) is 22.8. The largest absolute Gasteiger partial charge is 0.379 e. The van der Waals surface area contributed by atoms with Gasteiger partial charge in [-0.2, -0.15) is 0 Å². The number of hydrogen-bond donors (Lipinski definition) is 3. The maximum atomic E-state index is 12.7. The van der Waals surface area contributed by atoms with Crippen LogP contribution in [-0.4, -0.2) is 80.4 Å². The molecule has 0 unspecified atom stereocenters. The summed E-state index contributed by atoms with van der Waals surface area (Å²) in [5, 5.41) is 5.89. The van der Waals surface area contributed by atoms with Crippen molar-refractivity contribution in [3.63, 3.8) is 0 Å². The second-order valence-corrected chi connectivity index (χ2v) is 7.54. The molecule has 8 nitrogen and oxygen atoms in total. The Morgan fingerprint density at radius 1 is 1.32 bits per heavy atom. The Kier molecular flexibility index (Phi) is 9.37. The highest BCUT2D eigenvalue weighted by molar-refractivity contribution is 5.93. The van der Waals surface area contributed by atoms with E-state index >= 15 is 0 Å². The summed E-state index contributed by atoms with van der Waals surface area (Å²) in [6, 6.07) is -0.698. The zero-order chi connectivity index (χ0) is 20.5. The average molecular weight is 397 g/mol. The third-order valence-corrected chi connectivity index (χ3v) is 5.38. The molecule has 1 saturated heterocycles. The predicted molar refractivity (Wildman–Crippen MR) is 108 cm³/mol. The summed E-state index contributed by atoms with van der Waals surface area (Å²) in [4.78, 5) is 26.5. The van der Waals surface area contributed by atoms with E-state index in [4.69, 9.17) is 15.2 Å². The van der Waals surface area contributed by atoms with Crippen LogP contribution in [0, 0.1) is 0 Å². The highest BCUT2D eigenvalue weighted by Crippen LogP contribution is 2.23. The molecule has 3 atom stereocenters. The molecule has 2 amide bonds. The number of ether oxygens (including phenoxy) is 2. The van der Waals surface area contributed by atoms with Gasteiger partial charge in [0.05, 0.1) is 31.5 Å². The van der Waals surface area contributed by atoms with Crippen molar-refractivity contribution in [2.75, 3.05) is 39.4 Å². The molecule has 28 heavy (non-hydrogen) atoms. The maximum absolute atomic E-state index is 12.7. The summed E-state index contributed by atoms with van der Waals surface area (Å²) >= 11 is 0. The lowest BCUT2D eigenvalue weighted by atomic mass is 9.87. The Balaban J connectivity index is 1.99. The number of nitrogens with one attached hydrogen (secondary N) is 2. The van der Waals surface area contributed by atoms with Crippen LogP contribution in [0.1, 0.15) is 40.0 Å². The second kappa shape index (κ2) is 11.5. The fourth-order valence-electron chi connectivity index (χ4n) is 3.68. The summed E-state index contributed by atoms with van der Waals surface area (Å²) in [6.45, 7) is 10.3. The molecule has 2 aliphatic rings. The van der Waals surface area contributed by atoms with Gasteiger partial charge in [0.2, 0.25) is 11.8 Å². The molecule has 0 aromatic carbocycles. The average Bonchev–Trinajstić information content (AvgIpc) is 2.68. The summed E-state index contributed by atoms with van der Waals surface area (Å²) in [5.74, 6) is -0.256. The van der Waals surface area contributed by atoms with Crippen LogP contribution in [0.4, 0.5) is 0 Å². The molecule has 1 aliphatic carbocycles. The van der Waals surface area contributed by atoms with E-state index in [1.807, 2.05) is 6.08 Å². The minimum Gasteiger partial charge on any atom is -0.379 e. The number of carbonyl (C=O) groups excluding carboxylic acids is 2. The van der Waals surface area contributed by atoms with E-state index < -0.39 is 6.10 Å². The SMILES string of the molecule is CCC(CC)O[C@@H]1C=C(C(=O)NCCN2CCOCC2)C[C@H](N)[C@H]1NC(C)=O. The smallest absolute Gasteiger partial charge is 0.247 e. The number of hydrogen-bond acceptors (Lipinski definition) is 6. The van der Waals surface area contributed by atoms with E-state index in [-0.39, 0.29) is 30.0 Å². The predicted octanol–water partition coefficient (Wildman–Crippen LogP) is 0.171. The third kappa shape index (κ3) is 6.84. The monoisotopic (exact) mass is 396 g/mol. The van der Waals surface area contributed by atoms with Crippen molar-refractivity contribution >= 4 is 11.8 Å². The van der Waals surface area contributed by atoms with Gasteiger partial charge in [-0.3, -0.25) is 14.5 Å². The minimum absolute atomic E-state index is 0.0634. The maximum Gasteiger partial charge on any atom is 0.247 e. The number of carbonyl (C=O) groups is 2. The van der Waals surface area contributed by atoms with Crippen LogP contribution in [0.5, 0.6) is 0 Å². The van der Waals surface area contributed by atoms with Gasteiger partial charge in [0, 0.05) is 44.7 Å². The zero-order valence-electron chi connectivity index (χ0n) is 17.4. The molecule has 1 heterocycles. The highest BCUT2D eigenvalue weighted by atomic mass is 16.5. The molecule has 0 radical (unpaired) electrons. The van der Waals surface area contributed by atoms with E-state index in [1.54, 1.807) is 0 Å². The van der Waals surface area contributed by atoms with Gasteiger partial charge in [0.1, 0.15) is 0 Å². The van der Waals surface area contributed by atoms with Crippen molar-refractivity contribution in [1.29, 1.82) is 0 Å². The quantitative estimate of drug-likeness (QED) is 0.513. The van der Waals surface area contributed by atoms with Gasteiger partial charge in [-0.25, -0.2) is 0 Å². The van der Waals surface area contributed by atoms with E-state index in [1.165, 1.54) is 6.92 Å². The molecule has 8 heteroatoms. The lowest BCUT2D eigenvalue weighted by Crippen LogP contribution is -2.57. The van der Waals surface area contributed by atoms with Crippen LogP contribution in [0.2, 0.25) is 0 Å². The van der Waals surface area contributed by atoms with Crippen molar-refractivity contribution in [3.8, 4) is 0 Å². The summed E-state index contributed by atoms with van der Waals surface area (Å²) in [5.41, 5.74) is 6.94. The Labute approximate surface area is 168 Å². The molecule has 0 aromatic heterocycles. The third-order valence-electron chi connectivity index (χ3n) is 5.38. The van der Waals surface area contributed by atoms with Crippen molar-refractivity contribution in [1.82, 2.24) is 15.5 Å². The lowest BCUT2D eigenvalue weighted by Gasteiger charge is -2.37. The first-order valence-electron chi connectivity index (χ1n) is 10.4. The van der Waals surface area contributed by atoms with Crippen LogP contribution >= 0.6 is 0 Å². The first-order chi connectivity index (χ1) is 13.4. The van der Waals surface area contributed by atoms with Crippen LogP contribution < -0.4 is 16.4 Å². The van der Waals surface area contributed by atoms with Crippen molar-refractivity contribution < 1.29 is 19.1 Å². The fraction of sp³-hybridized carbons (Fsp3) is 0.800. The number of rotatable bonds is 9. The molecule has 160 valence electrons. The molecule has 0 bridgehead atoms. The van der Waals surface area contributed by atoms with Gasteiger partial charge < -0.3 is 25.8 Å². The Bertz CT molecular complexity index is 544. The molecule has 2 rings (SSSR count). The zero-order valence-corrected chi connectivity index (χ0v) is 17.4. The topological polar surface area (TPSA) is 106 Å². The van der Waals surface area contributed by atoms with Crippen molar-refractivity contribution in [3.05, 3.63) is 11.6 Å². The van der Waals surface area contributed by atoms with Crippen LogP contribution in [0.25, 0.3) is 0 Å². The van der Waals surface area contributed by atoms with E-state index in [0.717, 1.165) is 45.7 Å². The van der Waals surface area contributed by atoms with E-state index in [2.05, 4.69) is 29.4 Å². The van der Waals surface area contributed by atoms with Gasteiger partial charge in [0.25, 0.3) is 0 Å². The standard InChI is InChI=1S/C20H36N4O4/c1-4-16(5-2)28-18-13-15(12-17(21)19(18)23-14(3)25)20(26)22-6-7-24-8-10-27-11-9-24/h13,16-19H,4-12,21H2,1-3H3,(H,22,26)(H,23,25)/t17-,18+,19+/m0/s1. The lowest BCUT2D eigenvalue weighted by molar-refractivity contribution is -0.121. The molecule has 0 saturated carbocycles. The highest BCUT2D eigenvalue weighted by Gasteiger charge is 2.35. The van der Waals surface area contributed by atoms with Gasteiger partial charge in [-0.05, 0) is 25.3 Å². The van der Waals surface area contributed by atoms with Crippen molar-refractivity contribution in [2.45, 2.75) is 64.3 Å². The van der Waals surface area contributed by atoms with Crippen LogP contribution in [0.15, 0.2) is 11.6 Å². The number of nitrogens with zero attached hydrogens (tertiary/aromatic N) is 1. The van der Waals surface area contributed by atoms with Gasteiger partial charge in [0.15, 0.2) is 0 Å². The molecule has 4 N–H and O–H groups in total. The van der Waals surface area contributed by atoms with E-state index in [0.29, 0.717) is 18.5 Å². The molecular formula is C20H36N4O4. The molecule has 0 aromatic rings. The van der Waals surface area contributed by atoms with Gasteiger partial charge in [-0.1, -0.05) is 13.8 Å². The molecule has 1 fully saturated rings. The molecular weight excluding hydrogens is 360 g/mol. The normalized spacial score (nSPS) is 26.0. The number of nitrogens with two attached hydrogens (primary N) is 1. The Morgan fingerprint density at radius 3 is 2.61 bits per heavy atom. The Hall–Kier alpha value is -1.48. The fourth-order valence-corrected chi connectivity index (χ4v) is 3.68. The van der Waals surface area contributed by atoms with E-state index in [9.17, 15) is 9.59 Å². The molecule has 1 aliphatic heterocycles. The second-order valence-electron chi connectivity index (χ2n) is 7.54. The van der Waals surface area contributed by atoms with Gasteiger partial charge in [-0.15, -0.1) is 0 Å². The minimum atomic E-state index is -0.405. The van der Waals surface area contributed by atoms with Crippen LogP contribution in [0.3, 0.4) is 0 Å². The van der Waals surface area contributed by atoms with Gasteiger partial charge >= 0.3 is 0 Å². The summed E-state index contributed by atoms with van der Waals surface area (Å²) in [7, 11) is 0. The Morgan fingerprint density at radius 2 is 2.00 bits per heavy atom. The first-order valence-corrected chi connectivity index (χ1v) is 10.4.